The van der Waals surface area contributed by atoms with Gasteiger partial charge in [0, 0.05) is 13.1 Å². The average molecular weight is 601 g/mol. The van der Waals surface area contributed by atoms with E-state index >= 15 is 0 Å². The van der Waals surface area contributed by atoms with Gasteiger partial charge in [0.1, 0.15) is 0 Å². The van der Waals surface area contributed by atoms with E-state index < -0.39 is 0 Å². The van der Waals surface area contributed by atoms with Gasteiger partial charge in [-0.3, -0.25) is 4.79 Å². The van der Waals surface area contributed by atoms with Gasteiger partial charge in [-0.05, 0) is 147 Å². The van der Waals surface area contributed by atoms with Crippen LogP contribution in [-0.4, -0.2) is 38.0 Å². The third-order valence-electron chi connectivity index (χ3n) is 15.6. The second kappa shape index (κ2) is 11.0. The molecule has 5 aliphatic carbocycles. The fourth-order valence-electron chi connectivity index (χ4n) is 13.2. The number of nitrogens with zero attached hydrogens (tertiary/aromatic N) is 1. The van der Waals surface area contributed by atoms with Crippen LogP contribution in [0.15, 0.2) is 30.3 Å². The number of carbonyl (C=O) groups excluding carboxylic acids is 1. The van der Waals surface area contributed by atoms with Crippen LogP contribution in [0.1, 0.15) is 117 Å². The van der Waals surface area contributed by atoms with Crippen LogP contribution in [0.25, 0.3) is 5.57 Å². The Morgan fingerprint density at radius 1 is 0.886 bits per heavy atom. The molecule has 4 saturated carbocycles. The van der Waals surface area contributed by atoms with Crippen LogP contribution in [0.3, 0.4) is 0 Å². The molecule has 0 bridgehead atoms. The SMILES string of the molecule is Cc1ccc(C2=CC[C@]3(C)[C@H]4CC[C@@H]5[C@H]6[C@H](C(C)C)CC[C@]6(C(=O)NCCN(C)C)CC[C@@]5(C)[C@]4(C)CC[C@H]3C2(C)C)cc1. The van der Waals surface area contributed by atoms with Gasteiger partial charge in [-0.2, -0.15) is 0 Å². The molecule has 5 aliphatic rings. The minimum absolute atomic E-state index is 0.158. The molecular formula is C41H64N2O. The van der Waals surface area contributed by atoms with Crippen molar-refractivity contribution in [3.63, 3.8) is 0 Å². The van der Waals surface area contributed by atoms with E-state index in [9.17, 15) is 4.79 Å². The van der Waals surface area contributed by atoms with Crippen LogP contribution >= 0.6 is 0 Å². The molecule has 1 N–H and O–H groups in total. The molecule has 0 heterocycles. The van der Waals surface area contributed by atoms with E-state index in [-0.39, 0.29) is 10.8 Å². The van der Waals surface area contributed by atoms with Crippen molar-refractivity contribution in [3.05, 3.63) is 41.5 Å². The fourth-order valence-corrected chi connectivity index (χ4v) is 13.2. The summed E-state index contributed by atoms with van der Waals surface area (Å²) >= 11 is 0. The van der Waals surface area contributed by atoms with Gasteiger partial charge >= 0.3 is 0 Å². The van der Waals surface area contributed by atoms with E-state index in [1.807, 2.05) is 0 Å². The number of aryl methyl sites for hydroxylation is 1. The van der Waals surface area contributed by atoms with Gasteiger partial charge < -0.3 is 10.2 Å². The van der Waals surface area contributed by atoms with Crippen LogP contribution in [0.2, 0.25) is 0 Å². The summed E-state index contributed by atoms with van der Waals surface area (Å²) in [6, 6.07) is 9.31. The van der Waals surface area contributed by atoms with Gasteiger partial charge in [-0.15, -0.1) is 0 Å². The van der Waals surface area contributed by atoms with Crippen molar-refractivity contribution in [2.24, 2.45) is 62.6 Å². The Kier molecular flexibility index (Phi) is 8.08. The number of hydrogen-bond acceptors (Lipinski definition) is 2. The summed E-state index contributed by atoms with van der Waals surface area (Å²) in [6.45, 7) is 22.0. The highest BCUT2D eigenvalue weighted by molar-refractivity contribution is 5.83. The van der Waals surface area contributed by atoms with E-state index in [2.05, 4.69) is 110 Å². The van der Waals surface area contributed by atoms with Crippen LogP contribution in [0.4, 0.5) is 0 Å². The van der Waals surface area contributed by atoms with Crippen LogP contribution in [-0.2, 0) is 4.79 Å². The zero-order valence-corrected chi connectivity index (χ0v) is 30.0. The smallest absolute Gasteiger partial charge is 0.226 e. The van der Waals surface area contributed by atoms with Gasteiger partial charge in [0.25, 0.3) is 0 Å². The molecule has 44 heavy (non-hydrogen) atoms. The maximum absolute atomic E-state index is 14.2. The number of amides is 1. The number of fused-ring (bicyclic) bond motifs is 7. The van der Waals surface area contributed by atoms with Crippen molar-refractivity contribution in [2.75, 3.05) is 27.2 Å². The lowest BCUT2D eigenvalue weighted by molar-refractivity contribution is -0.227. The molecule has 0 saturated heterocycles. The lowest BCUT2D eigenvalue weighted by Crippen LogP contribution is -2.66. The Morgan fingerprint density at radius 2 is 1.59 bits per heavy atom. The van der Waals surface area contributed by atoms with E-state index in [4.69, 9.17) is 0 Å². The average Bonchev–Trinajstić information content (AvgIpc) is 3.35. The van der Waals surface area contributed by atoms with Crippen LogP contribution in [0.5, 0.6) is 0 Å². The Morgan fingerprint density at radius 3 is 2.25 bits per heavy atom. The molecule has 4 fully saturated rings. The number of carbonyl (C=O) groups is 1. The number of likely N-dealkylation sites (N-methyl/N-ethyl adjacent to an activating group) is 1. The minimum Gasteiger partial charge on any atom is -0.354 e. The predicted molar refractivity (Wildman–Crippen MR) is 185 cm³/mol. The van der Waals surface area contributed by atoms with Crippen molar-refractivity contribution in [3.8, 4) is 0 Å². The molecule has 9 atom stereocenters. The Bertz CT molecular complexity index is 1280. The van der Waals surface area contributed by atoms with E-state index in [1.165, 1.54) is 56.1 Å². The Labute approximate surface area is 270 Å². The number of nitrogens with one attached hydrogen (secondary N) is 1. The molecule has 0 unspecified atom stereocenters. The first-order valence-electron chi connectivity index (χ1n) is 18.3. The highest BCUT2D eigenvalue weighted by Gasteiger charge is 2.71. The normalized spacial score (nSPS) is 42.6. The van der Waals surface area contributed by atoms with Crippen molar-refractivity contribution < 1.29 is 4.79 Å². The lowest BCUT2D eigenvalue weighted by Gasteiger charge is -2.72. The number of rotatable bonds is 6. The van der Waals surface area contributed by atoms with Crippen molar-refractivity contribution in [1.29, 1.82) is 0 Å². The fraction of sp³-hybridized carbons (Fsp3) is 0.780. The summed E-state index contributed by atoms with van der Waals surface area (Å²) in [5.41, 5.74) is 5.31. The van der Waals surface area contributed by atoms with Crippen LogP contribution < -0.4 is 5.32 Å². The van der Waals surface area contributed by atoms with Crippen LogP contribution in [0, 0.1) is 69.5 Å². The first-order chi connectivity index (χ1) is 20.6. The summed E-state index contributed by atoms with van der Waals surface area (Å²) in [7, 11) is 4.20. The Hall–Kier alpha value is -1.61. The maximum atomic E-state index is 14.2. The van der Waals surface area contributed by atoms with Crippen molar-refractivity contribution >= 4 is 11.5 Å². The van der Waals surface area contributed by atoms with E-state index in [0.29, 0.717) is 51.7 Å². The van der Waals surface area contributed by atoms with Gasteiger partial charge in [-0.1, -0.05) is 84.4 Å². The monoisotopic (exact) mass is 601 g/mol. The molecule has 1 amide bonds. The summed E-state index contributed by atoms with van der Waals surface area (Å²) < 4.78 is 0. The number of benzene rings is 1. The molecule has 244 valence electrons. The van der Waals surface area contributed by atoms with Gasteiger partial charge in [0.2, 0.25) is 5.91 Å². The molecule has 1 aromatic rings. The van der Waals surface area contributed by atoms with Crippen molar-refractivity contribution in [1.82, 2.24) is 10.2 Å². The molecule has 3 heteroatoms. The number of allylic oxidation sites excluding steroid dienone is 2. The third kappa shape index (κ3) is 4.55. The summed E-state index contributed by atoms with van der Waals surface area (Å²) in [5, 5.41) is 3.47. The lowest BCUT2D eigenvalue weighted by atomic mass is 9.32. The highest BCUT2D eigenvalue weighted by Crippen LogP contribution is 2.77. The quantitative estimate of drug-likeness (QED) is 0.353. The summed E-state index contributed by atoms with van der Waals surface area (Å²) in [6.07, 6.45) is 13.8. The minimum atomic E-state index is -0.158. The molecule has 0 aromatic heterocycles. The number of hydrogen-bond donors (Lipinski definition) is 1. The molecular weight excluding hydrogens is 536 g/mol. The Balaban J connectivity index is 1.34. The third-order valence-corrected chi connectivity index (χ3v) is 15.6. The standard InChI is InChI=1S/C41H64N2O/c1-27(2)30-17-22-41(36(44)42-25-26-43(9)10)24-23-39(7)32(35(30)41)15-16-34-38(6)20-18-31(29-13-11-28(3)12-14-29)37(4,5)33(38)19-21-40(34,39)8/h11-14,18,27,30,32-35H,15-17,19-26H2,1-10H3,(H,42,44)/t30-,32+,33-,34+,35+,38-,39+,40+,41-/m0/s1. The first kappa shape index (κ1) is 32.3. The highest BCUT2D eigenvalue weighted by atomic mass is 16.2. The largest absolute Gasteiger partial charge is 0.354 e. The first-order valence-corrected chi connectivity index (χ1v) is 18.3. The second-order valence-corrected chi connectivity index (χ2v) is 18.3. The van der Waals surface area contributed by atoms with E-state index in [1.54, 1.807) is 5.57 Å². The molecule has 0 radical (unpaired) electrons. The summed E-state index contributed by atoms with van der Waals surface area (Å²) in [5.74, 6) is 4.32. The zero-order chi connectivity index (χ0) is 31.9. The molecule has 6 rings (SSSR count). The molecule has 3 nitrogen and oxygen atoms in total. The predicted octanol–water partition coefficient (Wildman–Crippen LogP) is 9.40. The molecule has 1 aromatic carbocycles. The molecule has 0 aliphatic heterocycles. The zero-order valence-electron chi connectivity index (χ0n) is 30.0. The van der Waals surface area contributed by atoms with Gasteiger partial charge in [0.15, 0.2) is 0 Å². The van der Waals surface area contributed by atoms with Crippen molar-refractivity contribution in [2.45, 2.75) is 113 Å². The topological polar surface area (TPSA) is 32.3 Å². The maximum Gasteiger partial charge on any atom is 0.226 e. The molecule has 0 spiro atoms. The summed E-state index contributed by atoms with van der Waals surface area (Å²) in [4.78, 5) is 16.4. The van der Waals surface area contributed by atoms with E-state index in [0.717, 1.165) is 31.8 Å². The van der Waals surface area contributed by atoms with Gasteiger partial charge in [-0.25, -0.2) is 0 Å². The van der Waals surface area contributed by atoms with Gasteiger partial charge in [0.05, 0.1) is 5.41 Å². The second-order valence-electron chi connectivity index (χ2n) is 18.3.